The van der Waals surface area contributed by atoms with E-state index >= 15 is 0 Å². The van der Waals surface area contributed by atoms with Gasteiger partial charge in [0.1, 0.15) is 12.1 Å². The third kappa shape index (κ3) is 18.4. The van der Waals surface area contributed by atoms with Crippen molar-refractivity contribution >= 4 is 45.4 Å². The molecule has 0 aromatic rings. The summed E-state index contributed by atoms with van der Waals surface area (Å²) in [5.41, 5.74) is 16.4. The number of nitrogens with one attached hydrogen (secondary N) is 5. The molecule has 186 valence electrons. The molecule has 1 aliphatic heterocycles. The van der Waals surface area contributed by atoms with E-state index in [1.165, 1.54) is 12.0 Å². The van der Waals surface area contributed by atoms with E-state index in [0.29, 0.717) is 38.8 Å². The normalized spacial score (nSPS) is 15.0. The quantitative estimate of drug-likeness (QED) is 0.0217. The van der Waals surface area contributed by atoms with Crippen molar-refractivity contribution < 1.29 is 14.4 Å². The zero-order valence-corrected chi connectivity index (χ0v) is 20.9. The van der Waals surface area contributed by atoms with Gasteiger partial charge in [-0.2, -0.15) is 0 Å². The molecule has 0 aromatic heterocycles. The molecule has 11 nitrogen and oxygen atoms in total. The van der Waals surface area contributed by atoms with Gasteiger partial charge in [0.2, 0.25) is 0 Å². The number of carbonyl (C=O) groups is 3. The third-order valence-corrected chi connectivity index (χ3v) is 5.47. The number of hydrogen-bond donors (Lipinski definition) is 7. The molecule has 1 fully saturated rings. The first-order valence-corrected chi connectivity index (χ1v) is 13.2. The first-order chi connectivity index (χ1) is 15.3. The van der Waals surface area contributed by atoms with Gasteiger partial charge in [0.05, 0.1) is 29.8 Å². The number of hydrogen-bond acceptors (Lipinski definition) is 11. The number of aliphatic imine (C=N–C) groups is 1. The molecule has 0 radical (unpaired) electrons. The van der Waals surface area contributed by atoms with Crippen molar-refractivity contribution in [3.63, 3.8) is 0 Å². The van der Waals surface area contributed by atoms with Crippen molar-refractivity contribution in [1.29, 1.82) is 0 Å². The first kappa shape index (κ1) is 30.8. The van der Waals surface area contributed by atoms with E-state index in [-0.39, 0.29) is 36.2 Å². The van der Waals surface area contributed by atoms with Crippen LogP contribution >= 0.6 is 21.6 Å². The fourth-order valence-corrected chi connectivity index (χ4v) is 2.66. The van der Waals surface area contributed by atoms with E-state index in [9.17, 15) is 14.4 Å². The molecule has 9 N–H and O–H groups in total. The number of carbonyl (C=O) groups excluding carboxylic acids is 3. The van der Waals surface area contributed by atoms with Gasteiger partial charge >= 0.3 is 0 Å². The molecule has 1 heterocycles. The molecule has 13 heteroatoms. The second-order valence-electron chi connectivity index (χ2n) is 7.15. The fraction of sp³-hybridized carbons (Fsp3) is 0.789. The molecular formula is C19H40N8O3S2. The average Bonchev–Trinajstić information content (AvgIpc) is 3.64. The predicted octanol–water partition coefficient (Wildman–Crippen LogP) is -1.26. The molecule has 0 aliphatic carbocycles. The topological polar surface area (TPSA) is 176 Å². The SMILES string of the molecule is C1SS1.CNCC[C@H](NC)C(=O)CN[C@@H](CCNN[C@H](C=O)CCCN=C(N)N)C(C)=O. The Morgan fingerprint density at radius 3 is 2.25 bits per heavy atom. The van der Waals surface area contributed by atoms with Gasteiger partial charge in [0, 0.05) is 13.1 Å². The van der Waals surface area contributed by atoms with Crippen LogP contribution in [0.3, 0.4) is 0 Å². The van der Waals surface area contributed by atoms with E-state index in [4.69, 9.17) is 11.5 Å². The number of guanidine groups is 1. The van der Waals surface area contributed by atoms with Crippen molar-refractivity contribution in [3.8, 4) is 0 Å². The van der Waals surface area contributed by atoms with Gasteiger partial charge < -0.3 is 32.2 Å². The highest BCUT2D eigenvalue weighted by Gasteiger charge is 2.19. The molecule has 0 aromatic carbocycles. The molecule has 1 aliphatic rings. The van der Waals surface area contributed by atoms with Crippen molar-refractivity contribution in [2.45, 2.75) is 50.7 Å². The second kappa shape index (κ2) is 20.4. The van der Waals surface area contributed by atoms with Gasteiger partial charge in [0.15, 0.2) is 11.7 Å². The molecule has 0 saturated carbocycles. The van der Waals surface area contributed by atoms with E-state index in [1.807, 2.05) is 28.6 Å². The van der Waals surface area contributed by atoms with E-state index in [1.54, 1.807) is 7.05 Å². The van der Waals surface area contributed by atoms with Crippen LogP contribution in [0.2, 0.25) is 0 Å². The Bertz CT molecular complexity index is 560. The van der Waals surface area contributed by atoms with E-state index in [2.05, 4.69) is 31.8 Å². The fourth-order valence-electron chi connectivity index (χ4n) is 2.66. The lowest BCUT2D eigenvalue weighted by Gasteiger charge is -2.20. The van der Waals surface area contributed by atoms with Crippen LogP contribution in [-0.2, 0) is 14.4 Å². The number of hydrazine groups is 1. The summed E-state index contributed by atoms with van der Waals surface area (Å²) in [7, 11) is 7.42. The summed E-state index contributed by atoms with van der Waals surface area (Å²) in [5, 5.41) is 10.4. The second-order valence-corrected chi connectivity index (χ2v) is 9.98. The summed E-state index contributed by atoms with van der Waals surface area (Å²) < 4.78 is 0. The summed E-state index contributed by atoms with van der Waals surface area (Å²) in [6.07, 6.45) is 3.21. The summed E-state index contributed by atoms with van der Waals surface area (Å²) in [6.45, 7) is 3.25. The number of likely N-dealkylation sites (N-methyl/N-ethyl adjacent to an activating group) is 1. The van der Waals surface area contributed by atoms with Crippen LogP contribution in [-0.4, -0.2) is 87.3 Å². The monoisotopic (exact) mass is 492 g/mol. The lowest BCUT2D eigenvalue weighted by atomic mass is 10.1. The van der Waals surface area contributed by atoms with Crippen molar-refractivity contribution in [3.05, 3.63) is 0 Å². The highest BCUT2D eigenvalue weighted by Crippen LogP contribution is 2.41. The van der Waals surface area contributed by atoms with Crippen molar-refractivity contribution in [2.24, 2.45) is 16.5 Å². The van der Waals surface area contributed by atoms with E-state index < -0.39 is 6.04 Å². The number of ketones is 2. The maximum atomic E-state index is 12.3. The van der Waals surface area contributed by atoms with Crippen molar-refractivity contribution in [2.75, 3.05) is 45.4 Å². The Morgan fingerprint density at radius 1 is 1.09 bits per heavy atom. The lowest BCUT2D eigenvalue weighted by Crippen LogP contribution is -2.48. The standard InChI is InChI=1S/C18H38N8O3.CH2S2/c1-13(28)15(24-11-17(29)16(22-3)6-9-21-2)7-10-25-26-14(12-27)5-4-8-23-18(19)20;1-2-3-1/h12,14-16,21-22,24-26H,4-11H2,1-3H3,(H4,19,20,23);1H2/t14-,15-,16-;/m0./s1. The van der Waals surface area contributed by atoms with Crippen LogP contribution < -0.4 is 38.3 Å². The number of rotatable bonds is 19. The van der Waals surface area contributed by atoms with Crippen molar-refractivity contribution in [1.82, 2.24) is 26.8 Å². The minimum absolute atomic E-state index is 0.0156. The summed E-state index contributed by atoms with van der Waals surface area (Å²) in [5.74, 6) is 0.00458. The Hall–Kier alpha value is -1.22. The summed E-state index contributed by atoms with van der Waals surface area (Å²) in [4.78, 5) is 39.1. The predicted molar refractivity (Wildman–Crippen MR) is 134 cm³/mol. The molecule has 0 unspecified atom stereocenters. The minimum atomic E-state index is -0.438. The molecular weight excluding hydrogens is 452 g/mol. The number of Topliss-reactive ketones (excluding diaryl/α,β-unsaturated/α-hetero) is 2. The van der Waals surface area contributed by atoms with Gasteiger partial charge in [-0.15, -0.1) is 0 Å². The maximum absolute atomic E-state index is 12.3. The van der Waals surface area contributed by atoms with Gasteiger partial charge in [0.25, 0.3) is 0 Å². The Balaban J connectivity index is 0.00000293. The zero-order valence-electron chi connectivity index (χ0n) is 19.3. The Morgan fingerprint density at radius 2 is 1.75 bits per heavy atom. The highest BCUT2D eigenvalue weighted by atomic mass is 33.2. The molecule has 0 amide bonds. The zero-order chi connectivity index (χ0) is 24.2. The number of nitrogens with two attached hydrogens (primary N) is 2. The van der Waals surface area contributed by atoms with Gasteiger partial charge in [-0.3, -0.25) is 20.0 Å². The minimum Gasteiger partial charge on any atom is -0.370 e. The molecule has 32 heavy (non-hydrogen) atoms. The highest BCUT2D eigenvalue weighted by molar-refractivity contribution is 8.92. The Labute approximate surface area is 199 Å². The smallest absolute Gasteiger partial charge is 0.185 e. The van der Waals surface area contributed by atoms with Crippen LogP contribution in [0.4, 0.5) is 0 Å². The number of aldehydes is 1. The largest absolute Gasteiger partial charge is 0.370 e. The molecule has 1 saturated heterocycles. The van der Waals surface area contributed by atoms with Crippen LogP contribution in [0, 0.1) is 0 Å². The molecule has 0 bridgehead atoms. The van der Waals surface area contributed by atoms with E-state index in [0.717, 1.165) is 12.8 Å². The first-order valence-electron chi connectivity index (χ1n) is 10.7. The third-order valence-electron chi connectivity index (χ3n) is 4.53. The Kier molecular flexibility index (Phi) is 19.6. The van der Waals surface area contributed by atoms with Crippen LogP contribution in [0.25, 0.3) is 0 Å². The van der Waals surface area contributed by atoms with Gasteiger partial charge in [-0.05, 0) is 53.2 Å². The average molecular weight is 493 g/mol. The maximum Gasteiger partial charge on any atom is 0.185 e. The molecule has 1 rings (SSSR count). The lowest BCUT2D eigenvalue weighted by molar-refractivity contribution is -0.121. The van der Waals surface area contributed by atoms with Crippen LogP contribution in [0.1, 0.15) is 32.6 Å². The summed E-state index contributed by atoms with van der Waals surface area (Å²) >= 11 is 0. The van der Waals surface area contributed by atoms with Gasteiger partial charge in [-0.1, -0.05) is 21.6 Å². The van der Waals surface area contributed by atoms with Crippen LogP contribution in [0.5, 0.6) is 0 Å². The van der Waals surface area contributed by atoms with Gasteiger partial charge in [-0.25, -0.2) is 5.43 Å². The summed E-state index contributed by atoms with van der Waals surface area (Å²) in [6, 6.07) is -1.07. The van der Waals surface area contributed by atoms with Crippen LogP contribution in [0.15, 0.2) is 4.99 Å². The molecule has 0 spiro atoms. The number of nitrogens with zero attached hydrogens (tertiary/aromatic N) is 1. The molecule has 3 atom stereocenters.